The normalized spacial score (nSPS) is 10.6. The van der Waals surface area contributed by atoms with E-state index in [9.17, 15) is 4.79 Å². The zero-order valence-electron chi connectivity index (χ0n) is 14.6. The van der Waals surface area contributed by atoms with Crippen molar-refractivity contribution in [3.05, 3.63) is 71.0 Å². The van der Waals surface area contributed by atoms with Gasteiger partial charge in [-0.3, -0.25) is 9.48 Å². The van der Waals surface area contributed by atoms with E-state index in [0.29, 0.717) is 17.4 Å². The zero-order valence-corrected chi connectivity index (χ0v) is 15.4. The standard InChI is InChI=1S/C20H19ClN2O3/c1-23-12-17(11-22-23)16-7-14(8-18(21)9-16)13-26-19-6-4-3-5-15(19)10-20(24)25-2/h3-9,11-12H,10,13H2,1-2H3. The molecule has 0 bridgehead atoms. The van der Waals surface area contributed by atoms with Crippen LogP contribution in [0.4, 0.5) is 0 Å². The number of nitrogens with zero attached hydrogens (tertiary/aromatic N) is 2. The molecule has 0 aliphatic heterocycles. The maximum atomic E-state index is 11.6. The minimum absolute atomic E-state index is 0.170. The van der Waals surface area contributed by atoms with Crippen LogP contribution in [0.5, 0.6) is 5.75 Å². The van der Waals surface area contributed by atoms with E-state index in [4.69, 9.17) is 21.1 Å². The van der Waals surface area contributed by atoms with Crippen molar-refractivity contribution in [3.63, 3.8) is 0 Å². The van der Waals surface area contributed by atoms with Crippen molar-refractivity contribution >= 4 is 17.6 Å². The van der Waals surface area contributed by atoms with Crippen LogP contribution in [-0.2, 0) is 29.6 Å². The largest absolute Gasteiger partial charge is 0.489 e. The fourth-order valence-corrected chi connectivity index (χ4v) is 2.91. The van der Waals surface area contributed by atoms with Gasteiger partial charge in [-0.1, -0.05) is 29.8 Å². The molecule has 0 saturated carbocycles. The molecule has 0 atom stereocenters. The van der Waals surface area contributed by atoms with Crippen LogP contribution in [0.1, 0.15) is 11.1 Å². The molecule has 0 N–H and O–H groups in total. The molecule has 0 saturated heterocycles. The highest BCUT2D eigenvalue weighted by molar-refractivity contribution is 6.31. The maximum absolute atomic E-state index is 11.6. The van der Waals surface area contributed by atoms with Gasteiger partial charge in [0.1, 0.15) is 12.4 Å². The molecule has 3 aromatic rings. The molecule has 3 rings (SSSR count). The predicted molar refractivity (Wildman–Crippen MR) is 100 cm³/mol. The number of para-hydroxylation sites is 1. The number of benzene rings is 2. The summed E-state index contributed by atoms with van der Waals surface area (Å²) in [7, 11) is 3.24. The first kappa shape index (κ1) is 18.0. The molecule has 0 aliphatic carbocycles. The van der Waals surface area contributed by atoms with Crippen molar-refractivity contribution in [1.29, 1.82) is 0 Å². The number of carbonyl (C=O) groups excluding carboxylic acids is 1. The second-order valence-corrected chi connectivity index (χ2v) is 6.34. The van der Waals surface area contributed by atoms with Crippen molar-refractivity contribution < 1.29 is 14.3 Å². The van der Waals surface area contributed by atoms with Crippen molar-refractivity contribution in [1.82, 2.24) is 9.78 Å². The van der Waals surface area contributed by atoms with Crippen molar-refractivity contribution in [2.75, 3.05) is 7.11 Å². The fraction of sp³-hybridized carbons (Fsp3) is 0.200. The summed E-state index contributed by atoms with van der Waals surface area (Å²) < 4.78 is 12.4. The van der Waals surface area contributed by atoms with Gasteiger partial charge in [-0.25, -0.2) is 0 Å². The molecular weight excluding hydrogens is 352 g/mol. The molecule has 0 spiro atoms. The number of hydrogen-bond donors (Lipinski definition) is 0. The van der Waals surface area contributed by atoms with Gasteiger partial charge in [-0.15, -0.1) is 0 Å². The minimum atomic E-state index is -0.303. The summed E-state index contributed by atoms with van der Waals surface area (Å²) >= 11 is 6.26. The molecule has 26 heavy (non-hydrogen) atoms. The molecule has 0 fully saturated rings. The Hall–Kier alpha value is -2.79. The van der Waals surface area contributed by atoms with Crippen LogP contribution in [0, 0.1) is 0 Å². The number of rotatable bonds is 6. The van der Waals surface area contributed by atoms with Crippen LogP contribution in [0.15, 0.2) is 54.9 Å². The number of ether oxygens (including phenoxy) is 2. The van der Waals surface area contributed by atoms with Crippen molar-refractivity contribution in [2.45, 2.75) is 13.0 Å². The van der Waals surface area contributed by atoms with E-state index in [-0.39, 0.29) is 12.4 Å². The molecule has 6 heteroatoms. The lowest BCUT2D eigenvalue weighted by Crippen LogP contribution is -2.06. The van der Waals surface area contributed by atoms with E-state index < -0.39 is 0 Å². The number of esters is 1. The van der Waals surface area contributed by atoms with Gasteiger partial charge >= 0.3 is 5.97 Å². The Morgan fingerprint density at radius 2 is 2.00 bits per heavy atom. The van der Waals surface area contributed by atoms with E-state index in [2.05, 4.69) is 5.10 Å². The molecule has 1 aromatic heterocycles. The zero-order chi connectivity index (χ0) is 18.5. The quantitative estimate of drug-likeness (QED) is 0.614. The lowest BCUT2D eigenvalue weighted by atomic mass is 10.1. The molecule has 1 heterocycles. The van der Waals surface area contributed by atoms with Crippen LogP contribution >= 0.6 is 11.6 Å². The van der Waals surface area contributed by atoms with E-state index in [1.165, 1.54) is 7.11 Å². The first-order valence-corrected chi connectivity index (χ1v) is 8.49. The second-order valence-electron chi connectivity index (χ2n) is 5.90. The first-order chi connectivity index (χ1) is 12.5. The Morgan fingerprint density at radius 3 is 2.73 bits per heavy atom. The Balaban J connectivity index is 1.78. The Labute approximate surface area is 157 Å². The Morgan fingerprint density at radius 1 is 1.19 bits per heavy atom. The second kappa shape index (κ2) is 8.06. The molecule has 5 nitrogen and oxygen atoms in total. The number of methoxy groups -OCH3 is 1. The molecule has 0 unspecified atom stereocenters. The molecule has 134 valence electrons. The summed E-state index contributed by atoms with van der Waals surface area (Å²) in [5.41, 5.74) is 3.69. The third kappa shape index (κ3) is 4.43. The van der Waals surface area contributed by atoms with Crippen LogP contribution in [0.2, 0.25) is 5.02 Å². The highest BCUT2D eigenvalue weighted by atomic mass is 35.5. The van der Waals surface area contributed by atoms with Gasteiger partial charge in [0.2, 0.25) is 0 Å². The van der Waals surface area contributed by atoms with Gasteiger partial charge in [0, 0.05) is 29.4 Å². The van der Waals surface area contributed by atoms with Crippen LogP contribution in [-0.4, -0.2) is 22.9 Å². The lowest BCUT2D eigenvalue weighted by Gasteiger charge is -2.12. The van der Waals surface area contributed by atoms with Gasteiger partial charge in [-0.2, -0.15) is 5.10 Å². The third-order valence-electron chi connectivity index (χ3n) is 3.93. The Bertz CT molecular complexity index is 921. The molecule has 0 amide bonds. The first-order valence-electron chi connectivity index (χ1n) is 8.11. The summed E-state index contributed by atoms with van der Waals surface area (Å²) in [4.78, 5) is 11.6. The van der Waals surface area contributed by atoms with Crippen LogP contribution in [0.3, 0.4) is 0 Å². The fourth-order valence-electron chi connectivity index (χ4n) is 2.65. The monoisotopic (exact) mass is 370 g/mol. The van der Waals surface area contributed by atoms with Gasteiger partial charge in [0.25, 0.3) is 0 Å². The summed E-state index contributed by atoms with van der Waals surface area (Å²) in [5.74, 6) is 0.350. The highest BCUT2D eigenvalue weighted by Crippen LogP contribution is 2.26. The van der Waals surface area contributed by atoms with E-state index in [0.717, 1.165) is 22.3 Å². The number of halogens is 1. The van der Waals surface area contributed by atoms with Crippen molar-refractivity contribution in [3.8, 4) is 16.9 Å². The third-order valence-corrected chi connectivity index (χ3v) is 4.14. The average molecular weight is 371 g/mol. The lowest BCUT2D eigenvalue weighted by molar-refractivity contribution is -0.139. The van der Waals surface area contributed by atoms with E-state index >= 15 is 0 Å². The predicted octanol–water partition coefficient (Wildman–Crippen LogP) is 4.04. The van der Waals surface area contributed by atoms with E-state index in [1.54, 1.807) is 10.9 Å². The van der Waals surface area contributed by atoms with Crippen LogP contribution in [0.25, 0.3) is 11.1 Å². The maximum Gasteiger partial charge on any atom is 0.310 e. The molecule has 0 radical (unpaired) electrons. The number of carbonyl (C=O) groups is 1. The van der Waals surface area contributed by atoms with E-state index in [1.807, 2.05) is 55.7 Å². The summed E-state index contributed by atoms with van der Waals surface area (Å²) in [6.07, 6.45) is 3.90. The minimum Gasteiger partial charge on any atom is -0.489 e. The van der Waals surface area contributed by atoms with Crippen LogP contribution < -0.4 is 4.74 Å². The van der Waals surface area contributed by atoms with Gasteiger partial charge in [0.05, 0.1) is 19.7 Å². The number of aromatic nitrogens is 2. The molecule has 0 aliphatic rings. The SMILES string of the molecule is COC(=O)Cc1ccccc1OCc1cc(Cl)cc(-c2cnn(C)c2)c1. The summed E-state index contributed by atoms with van der Waals surface area (Å²) in [6.45, 7) is 0.339. The van der Waals surface area contributed by atoms with Gasteiger partial charge < -0.3 is 9.47 Å². The number of hydrogen-bond acceptors (Lipinski definition) is 4. The highest BCUT2D eigenvalue weighted by Gasteiger charge is 2.10. The molecular formula is C20H19ClN2O3. The molecule has 2 aromatic carbocycles. The summed E-state index contributed by atoms with van der Waals surface area (Å²) in [5, 5.41) is 4.82. The summed E-state index contributed by atoms with van der Waals surface area (Å²) in [6, 6.07) is 13.2. The smallest absolute Gasteiger partial charge is 0.310 e. The van der Waals surface area contributed by atoms with Gasteiger partial charge in [0.15, 0.2) is 0 Å². The van der Waals surface area contributed by atoms with Gasteiger partial charge in [-0.05, 0) is 35.4 Å². The Kier molecular flexibility index (Phi) is 5.58. The van der Waals surface area contributed by atoms with Crippen molar-refractivity contribution in [2.24, 2.45) is 7.05 Å². The number of aryl methyl sites for hydroxylation is 1. The topological polar surface area (TPSA) is 53.4 Å². The average Bonchev–Trinajstić information content (AvgIpc) is 3.07.